The number of alkyl halides is 6. The number of benzene rings is 2. The molecule has 1 saturated heterocycles. The fourth-order valence-corrected chi connectivity index (χ4v) is 4.92. The molecule has 0 spiro atoms. The number of piperazine rings is 1. The van der Waals surface area contributed by atoms with Gasteiger partial charge >= 0.3 is 24.3 Å². The van der Waals surface area contributed by atoms with E-state index >= 15 is 0 Å². The number of anilines is 1. The lowest BCUT2D eigenvalue weighted by Crippen LogP contribution is -2.58. The van der Waals surface area contributed by atoms with Crippen LogP contribution in [0.25, 0.3) is 0 Å². The molecule has 2 aromatic carbocycles. The summed E-state index contributed by atoms with van der Waals surface area (Å²) in [5.74, 6) is -5.34. The molecule has 3 aromatic rings. The van der Waals surface area contributed by atoms with Gasteiger partial charge < -0.3 is 20.1 Å². The third-order valence-electron chi connectivity index (χ3n) is 7.51. The lowest BCUT2D eigenvalue weighted by Gasteiger charge is -2.44. The minimum absolute atomic E-state index is 0.00185. The molecule has 1 fully saturated rings. The van der Waals surface area contributed by atoms with Crippen molar-refractivity contribution < 1.29 is 50.9 Å². The molecular formula is C32H35F6N5O5. The SMILES string of the molecule is CCCCC1C(=O)N(c2cccc(C)c2C)CCN1C(Cc1ccc(C#N)cc1)c1cnc[nH]1.O=C(O)C(F)(F)F.O=C(O)C(F)(F)F. The van der Waals surface area contributed by atoms with E-state index in [1.54, 1.807) is 6.33 Å². The summed E-state index contributed by atoms with van der Waals surface area (Å²) in [6, 6.07) is 15.9. The number of aromatic amines is 1. The van der Waals surface area contributed by atoms with E-state index in [2.05, 4.69) is 53.8 Å². The molecule has 260 valence electrons. The molecule has 0 aliphatic carbocycles. The largest absolute Gasteiger partial charge is 0.490 e. The number of carboxylic acid groups (broad SMARTS) is 2. The van der Waals surface area contributed by atoms with Crippen LogP contribution in [0, 0.1) is 25.2 Å². The van der Waals surface area contributed by atoms with Gasteiger partial charge in [-0.2, -0.15) is 31.6 Å². The summed E-state index contributed by atoms with van der Waals surface area (Å²) in [6.45, 7) is 7.81. The fraction of sp³-hybridized carbons (Fsp3) is 0.406. The van der Waals surface area contributed by atoms with Crippen molar-refractivity contribution in [1.82, 2.24) is 14.9 Å². The average Bonchev–Trinajstić information content (AvgIpc) is 3.56. The summed E-state index contributed by atoms with van der Waals surface area (Å²) in [5, 5.41) is 23.4. The number of hydrogen-bond donors (Lipinski definition) is 3. The Bertz CT molecular complexity index is 1530. The Morgan fingerprint density at radius 1 is 1.02 bits per heavy atom. The molecular weight excluding hydrogens is 648 g/mol. The summed E-state index contributed by atoms with van der Waals surface area (Å²) < 4.78 is 63.5. The number of amides is 1. The quantitative estimate of drug-likeness (QED) is 0.232. The van der Waals surface area contributed by atoms with Crippen LogP contribution in [0.4, 0.5) is 32.0 Å². The molecule has 10 nitrogen and oxygen atoms in total. The first-order chi connectivity index (χ1) is 22.4. The van der Waals surface area contributed by atoms with E-state index in [4.69, 9.17) is 25.1 Å². The number of halogens is 6. The Morgan fingerprint density at radius 3 is 2.08 bits per heavy atom. The number of unbranched alkanes of at least 4 members (excludes halogenated alkanes) is 1. The lowest BCUT2D eigenvalue weighted by atomic mass is 9.95. The Hall–Kier alpha value is -4.91. The summed E-state index contributed by atoms with van der Waals surface area (Å²) in [6.07, 6.45) is -2.98. The molecule has 3 N–H and O–H groups in total. The predicted molar refractivity (Wildman–Crippen MR) is 162 cm³/mol. The number of imidazole rings is 1. The Balaban J connectivity index is 0.000000479. The number of rotatable bonds is 8. The molecule has 1 aliphatic rings. The van der Waals surface area contributed by atoms with Gasteiger partial charge in [-0.05, 0) is 61.6 Å². The maximum Gasteiger partial charge on any atom is 0.490 e. The predicted octanol–water partition coefficient (Wildman–Crippen LogP) is 6.36. The van der Waals surface area contributed by atoms with Gasteiger partial charge in [-0.25, -0.2) is 14.6 Å². The van der Waals surface area contributed by atoms with Crippen molar-refractivity contribution >= 4 is 23.5 Å². The first-order valence-corrected chi connectivity index (χ1v) is 14.6. The van der Waals surface area contributed by atoms with E-state index < -0.39 is 24.3 Å². The summed E-state index contributed by atoms with van der Waals surface area (Å²) >= 11 is 0. The minimum Gasteiger partial charge on any atom is -0.475 e. The zero-order chi connectivity index (χ0) is 36.2. The maximum absolute atomic E-state index is 13.9. The van der Waals surface area contributed by atoms with Crippen LogP contribution in [-0.4, -0.2) is 74.4 Å². The second-order valence-electron chi connectivity index (χ2n) is 10.7. The van der Waals surface area contributed by atoms with E-state index in [0.29, 0.717) is 12.1 Å². The third kappa shape index (κ3) is 11.1. The van der Waals surface area contributed by atoms with Gasteiger partial charge in [0, 0.05) is 25.0 Å². The topological polar surface area (TPSA) is 151 Å². The number of nitrogens with one attached hydrogen (secondary N) is 1. The molecule has 1 aromatic heterocycles. The van der Waals surface area contributed by atoms with Crippen molar-refractivity contribution in [3.05, 3.63) is 82.9 Å². The van der Waals surface area contributed by atoms with E-state index in [1.165, 1.54) is 11.1 Å². The van der Waals surface area contributed by atoms with Crippen LogP contribution in [0.2, 0.25) is 0 Å². The second-order valence-corrected chi connectivity index (χ2v) is 10.7. The normalized spacial score (nSPS) is 15.7. The van der Waals surface area contributed by atoms with E-state index in [1.807, 2.05) is 41.4 Å². The van der Waals surface area contributed by atoms with Crippen LogP contribution in [0.3, 0.4) is 0 Å². The Morgan fingerprint density at radius 2 is 1.60 bits per heavy atom. The van der Waals surface area contributed by atoms with Crippen LogP contribution in [0.15, 0.2) is 55.0 Å². The van der Waals surface area contributed by atoms with Crippen LogP contribution in [-0.2, 0) is 20.8 Å². The minimum atomic E-state index is -5.08. The number of H-pyrrole nitrogens is 1. The second kappa shape index (κ2) is 17.3. The van der Waals surface area contributed by atoms with Gasteiger partial charge in [-0.1, -0.05) is 44.0 Å². The molecule has 2 unspecified atom stereocenters. The number of aryl methyl sites for hydroxylation is 1. The summed E-state index contributed by atoms with van der Waals surface area (Å²) in [5.41, 5.74) is 6.20. The number of nitrogens with zero attached hydrogens (tertiary/aromatic N) is 4. The first-order valence-electron chi connectivity index (χ1n) is 14.6. The number of hydrogen-bond acceptors (Lipinski definition) is 6. The van der Waals surface area contributed by atoms with Crippen LogP contribution in [0.5, 0.6) is 0 Å². The molecule has 2 heterocycles. The van der Waals surface area contributed by atoms with Gasteiger partial charge in [0.2, 0.25) is 5.91 Å². The monoisotopic (exact) mass is 683 g/mol. The van der Waals surface area contributed by atoms with Crippen LogP contribution >= 0.6 is 0 Å². The Labute approximate surface area is 272 Å². The number of aliphatic carboxylic acids is 2. The van der Waals surface area contributed by atoms with E-state index in [9.17, 15) is 31.1 Å². The van der Waals surface area contributed by atoms with E-state index in [-0.39, 0.29) is 18.0 Å². The van der Waals surface area contributed by atoms with Crippen molar-refractivity contribution in [1.29, 1.82) is 5.26 Å². The highest BCUT2D eigenvalue weighted by molar-refractivity contribution is 5.98. The number of nitriles is 1. The van der Waals surface area contributed by atoms with Gasteiger partial charge in [0.25, 0.3) is 0 Å². The molecule has 16 heteroatoms. The number of aromatic nitrogens is 2. The molecule has 0 radical (unpaired) electrons. The lowest BCUT2D eigenvalue weighted by molar-refractivity contribution is -0.193. The highest BCUT2D eigenvalue weighted by Gasteiger charge is 2.40. The molecule has 0 bridgehead atoms. The van der Waals surface area contributed by atoms with Gasteiger partial charge in [-0.15, -0.1) is 0 Å². The van der Waals surface area contributed by atoms with Crippen molar-refractivity contribution in [2.75, 3.05) is 18.0 Å². The van der Waals surface area contributed by atoms with Gasteiger partial charge in [-0.3, -0.25) is 9.69 Å². The molecule has 4 rings (SSSR count). The van der Waals surface area contributed by atoms with Crippen molar-refractivity contribution in [2.45, 2.75) is 70.9 Å². The highest BCUT2D eigenvalue weighted by atomic mass is 19.4. The first kappa shape index (κ1) is 39.3. The van der Waals surface area contributed by atoms with Crippen LogP contribution in [0.1, 0.15) is 60.2 Å². The van der Waals surface area contributed by atoms with Gasteiger partial charge in [0.05, 0.1) is 35.7 Å². The van der Waals surface area contributed by atoms with Gasteiger partial charge in [0.15, 0.2) is 0 Å². The maximum atomic E-state index is 13.9. The van der Waals surface area contributed by atoms with E-state index in [0.717, 1.165) is 49.2 Å². The molecule has 48 heavy (non-hydrogen) atoms. The van der Waals surface area contributed by atoms with Crippen molar-refractivity contribution in [3.63, 3.8) is 0 Å². The number of carbonyl (C=O) groups is 3. The third-order valence-corrected chi connectivity index (χ3v) is 7.51. The zero-order valence-corrected chi connectivity index (χ0v) is 26.3. The number of carboxylic acids is 2. The molecule has 1 aliphatic heterocycles. The smallest absolute Gasteiger partial charge is 0.475 e. The van der Waals surface area contributed by atoms with Crippen LogP contribution < -0.4 is 4.90 Å². The fourth-order valence-electron chi connectivity index (χ4n) is 4.92. The van der Waals surface area contributed by atoms with Crippen molar-refractivity contribution in [3.8, 4) is 6.07 Å². The molecule has 0 saturated carbocycles. The summed E-state index contributed by atoms with van der Waals surface area (Å²) in [7, 11) is 0. The zero-order valence-electron chi connectivity index (χ0n) is 26.3. The average molecular weight is 684 g/mol. The molecule has 2 atom stereocenters. The standard InChI is InChI=1S/C28H33N5O.2C2HF3O2/c1-4-5-8-26-28(34)33(25-9-6-7-20(2)21(25)3)15-14-32(26)27(24-18-30-19-31-24)16-22-10-12-23(17-29)13-11-22;2*3-2(4,5)1(6)7/h6-7,9-13,18-19,26-27H,4-5,8,14-16H2,1-3H3,(H,30,31);2*(H,6,7). The summed E-state index contributed by atoms with van der Waals surface area (Å²) in [4.78, 5) is 43.7. The van der Waals surface area contributed by atoms with Crippen molar-refractivity contribution in [2.24, 2.45) is 0 Å². The van der Waals surface area contributed by atoms with Gasteiger partial charge in [0.1, 0.15) is 0 Å². The molecule has 1 amide bonds. The Kier molecular flexibility index (Phi) is 14.2. The highest BCUT2D eigenvalue weighted by Crippen LogP contribution is 2.33. The number of carbonyl (C=O) groups excluding carboxylic acids is 1.